The first-order valence-corrected chi connectivity index (χ1v) is 11.1. The van der Waals surface area contributed by atoms with Gasteiger partial charge in [0, 0.05) is 22.4 Å². The largest absolute Gasteiger partial charge is 0.369 e. The van der Waals surface area contributed by atoms with Crippen molar-refractivity contribution in [1.29, 1.82) is 0 Å². The smallest absolute Gasteiger partial charge is 0.259 e. The highest BCUT2D eigenvalue weighted by Gasteiger charge is 2.22. The average molecular weight is 459 g/mol. The van der Waals surface area contributed by atoms with E-state index in [1.165, 1.54) is 0 Å². The number of ketones is 1. The zero-order valence-electron chi connectivity index (χ0n) is 18.2. The molecular formula is C27H23ClN2O3. The summed E-state index contributed by atoms with van der Waals surface area (Å²) in [4.78, 5) is 38.0. The normalized spacial score (nSPS) is 11.0. The van der Waals surface area contributed by atoms with Gasteiger partial charge < -0.3 is 5.73 Å². The van der Waals surface area contributed by atoms with Crippen LogP contribution < -0.4 is 11.3 Å². The lowest BCUT2D eigenvalue weighted by molar-refractivity contribution is -0.117. The van der Waals surface area contributed by atoms with E-state index in [0.29, 0.717) is 27.1 Å². The molecule has 5 nitrogen and oxygen atoms in total. The molecule has 166 valence electrons. The second kappa shape index (κ2) is 9.43. The van der Waals surface area contributed by atoms with Crippen LogP contribution in [0.1, 0.15) is 35.0 Å². The summed E-state index contributed by atoms with van der Waals surface area (Å²) in [6, 6.07) is 22.0. The van der Waals surface area contributed by atoms with E-state index in [4.69, 9.17) is 17.3 Å². The van der Waals surface area contributed by atoms with Gasteiger partial charge in [-0.15, -0.1) is 0 Å². The maximum atomic E-state index is 13.6. The predicted octanol–water partition coefficient (Wildman–Crippen LogP) is 4.99. The lowest BCUT2D eigenvalue weighted by Crippen LogP contribution is -2.28. The molecule has 0 atom stereocenters. The lowest BCUT2D eigenvalue weighted by Gasteiger charge is -2.19. The number of primary amides is 1. The predicted molar refractivity (Wildman–Crippen MR) is 132 cm³/mol. The van der Waals surface area contributed by atoms with Crippen LogP contribution in [0.25, 0.3) is 21.9 Å². The monoisotopic (exact) mass is 458 g/mol. The van der Waals surface area contributed by atoms with E-state index in [0.717, 1.165) is 16.7 Å². The molecular weight excluding hydrogens is 436 g/mol. The van der Waals surface area contributed by atoms with E-state index >= 15 is 0 Å². The van der Waals surface area contributed by atoms with Gasteiger partial charge in [-0.1, -0.05) is 73.1 Å². The Kier molecular flexibility index (Phi) is 6.43. The zero-order chi connectivity index (χ0) is 23.5. The molecule has 0 aliphatic rings. The molecule has 0 aliphatic carbocycles. The number of amides is 1. The van der Waals surface area contributed by atoms with Crippen LogP contribution >= 0.6 is 11.6 Å². The van der Waals surface area contributed by atoms with Crippen LogP contribution in [0.5, 0.6) is 0 Å². The van der Waals surface area contributed by atoms with Gasteiger partial charge in [0.05, 0.1) is 18.7 Å². The number of carbonyl (C=O) groups excluding carboxylic acids is 2. The molecule has 0 saturated carbocycles. The molecule has 4 rings (SSSR count). The Balaban J connectivity index is 1.98. The number of benzene rings is 3. The van der Waals surface area contributed by atoms with E-state index in [1.807, 2.05) is 54.6 Å². The minimum atomic E-state index is -0.407. The quantitative estimate of drug-likeness (QED) is 0.396. The van der Waals surface area contributed by atoms with Crippen molar-refractivity contribution in [2.24, 2.45) is 5.73 Å². The summed E-state index contributed by atoms with van der Waals surface area (Å²) in [5.74, 6) is -0.534. The Hall–Kier alpha value is -3.70. The molecule has 0 fully saturated rings. The number of Topliss-reactive ketones (excluding diaryl/α,β-unsaturated/α-hetero) is 1. The Labute approximate surface area is 196 Å². The second-order valence-corrected chi connectivity index (χ2v) is 8.34. The molecule has 0 aliphatic heterocycles. The van der Waals surface area contributed by atoms with Gasteiger partial charge in [0.1, 0.15) is 0 Å². The maximum Gasteiger partial charge on any atom is 0.259 e. The molecule has 0 bridgehead atoms. The highest BCUT2D eigenvalue weighted by molar-refractivity contribution is 6.31. The van der Waals surface area contributed by atoms with Gasteiger partial charge in [-0.3, -0.25) is 19.0 Å². The number of hydrogen-bond donors (Lipinski definition) is 1. The molecule has 1 amide bonds. The Morgan fingerprint density at radius 3 is 2.21 bits per heavy atom. The molecule has 4 aromatic rings. The van der Waals surface area contributed by atoms with E-state index < -0.39 is 5.91 Å². The molecule has 3 aromatic carbocycles. The molecule has 0 radical (unpaired) electrons. The van der Waals surface area contributed by atoms with E-state index in [-0.39, 0.29) is 30.7 Å². The van der Waals surface area contributed by atoms with E-state index in [9.17, 15) is 14.4 Å². The number of nitrogens with two attached hydrogens (primary N) is 1. The van der Waals surface area contributed by atoms with Crippen LogP contribution in [0.2, 0.25) is 5.02 Å². The fourth-order valence-electron chi connectivity index (χ4n) is 4.07. The van der Waals surface area contributed by atoms with Crippen molar-refractivity contribution in [3.05, 3.63) is 105 Å². The third-order valence-corrected chi connectivity index (χ3v) is 5.86. The van der Waals surface area contributed by atoms with Gasteiger partial charge in [0.15, 0.2) is 5.78 Å². The average Bonchev–Trinajstić information content (AvgIpc) is 2.81. The van der Waals surface area contributed by atoms with Gasteiger partial charge in [0.25, 0.3) is 5.56 Å². The van der Waals surface area contributed by atoms with Gasteiger partial charge in [-0.05, 0) is 40.3 Å². The van der Waals surface area contributed by atoms with E-state index in [2.05, 4.69) is 0 Å². The van der Waals surface area contributed by atoms with Crippen molar-refractivity contribution >= 4 is 34.1 Å². The third-order valence-electron chi connectivity index (χ3n) is 5.62. The van der Waals surface area contributed by atoms with Crippen molar-refractivity contribution in [3.8, 4) is 11.1 Å². The standard InChI is InChI=1S/C27H23ClN2O3/c1-2-23(31)26-25(19-6-4-3-5-7-19)22-15-20(28)12-13-21(22)27(33)30(26)16-18-10-8-17(9-11-18)14-24(29)32/h3-13,15H,2,14,16H2,1H3,(H2,29,32). The maximum absolute atomic E-state index is 13.6. The SMILES string of the molecule is CCC(=O)c1c(-c2ccccc2)c2cc(Cl)ccc2c(=O)n1Cc1ccc(CC(N)=O)cc1. The van der Waals surface area contributed by atoms with Crippen LogP contribution in [-0.4, -0.2) is 16.3 Å². The topological polar surface area (TPSA) is 82.2 Å². The summed E-state index contributed by atoms with van der Waals surface area (Å²) < 4.78 is 1.55. The highest BCUT2D eigenvalue weighted by atomic mass is 35.5. The number of aromatic nitrogens is 1. The molecule has 33 heavy (non-hydrogen) atoms. The van der Waals surface area contributed by atoms with Gasteiger partial charge in [-0.2, -0.15) is 0 Å². The van der Waals surface area contributed by atoms with Crippen LogP contribution in [0.4, 0.5) is 0 Å². The van der Waals surface area contributed by atoms with Crippen molar-refractivity contribution in [2.45, 2.75) is 26.3 Å². The summed E-state index contributed by atoms with van der Waals surface area (Å²) in [5.41, 5.74) is 8.56. The Bertz CT molecular complexity index is 1410. The van der Waals surface area contributed by atoms with Gasteiger partial charge >= 0.3 is 0 Å². The van der Waals surface area contributed by atoms with Gasteiger partial charge in [0.2, 0.25) is 5.91 Å². The first-order chi connectivity index (χ1) is 15.9. The number of halogens is 1. The molecule has 2 N–H and O–H groups in total. The minimum absolute atomic E-state index is 0.127. The third kappa shape index (κ3) is 4.59. The summed E-state index contributed by atoms with van der Waals surface area (Å²) in [5, 5.41) is 1.65. The summed E-state index contributed by atoms with van der Waals surface area (Å²) in [6.45, 7) is 2.00. The first kappa shape index (κ1) is 22.5. The molecule has 6 heteroatoms. The van der Waals surface area contributed by atoms with Crippen molar-refractivity contribution < 1.29 is 9.59 Å². The summed E-state index contributed by atoms with van der Waals surface area (Å²) in [7, 11) is 0. The van der Waals surface area contributed by atoms with Crippen LogP contribution in [0.3, 0.4) is 0 Å². The molecule has 1 heterocycles. The summed E-state index contributed by atoms with van der Waals surface area (Å²) >= 11 is 6.29. The van der Waals surface area contributed by atoms with Crippen molar-refractivity contribution in [1.82, 2.24) is 4.57 Å². The number of fused-ring (bicyclic) bond motifs is 1. The first-order valence-electron chi connectivity index (χ1n) is 10.7. The van der Waals surface area contributed by atoms with E-state index in [1.54, 1.807) is 29.7 Å². The van der Waals surface area contributed by atoms with Gasteiger partial charge in [-0.25, -0.2) is 0 Å². The number of nitrogens with zero attached hydrogens (tertiary/aromatic N) is 1. The Morgan fingerprint density at radius 1 is 0.909 bits per heavy atom. The fourth-order valence-corrected chi connectivity index (χ4v) is 4.24. The number of hydrogen-bond acceptors (Lipinski definition) is 3. The van der Waals surface area contributed by atoms with Crippen molar-refractivity contribution in [2.75, 3.05) is 0 Å². The fraction of sp³-hybridized carbons (Fsp3) is 0.148. The number of pyridine rings is 1. The molecule has 0 unspecified atom stereocenters. The molecule has 0 saturated heterocycles. The van der Waals surface area contributed by atoms with Crippen LogP contribution in [0.15, 0.2) is 77.6 Å². The second-order valence-electron chi connectivity index (χ2n) is 7.91. The lowest BCUT2D eigenvalue weighted by atomic mass is 9.94. The molecule has 0 spiro atoms. The highest BCUT2D eigenvalue weighted by Crippen LogP contribution is 2.33. The van der Waals surface area contributed by atoms with Crippen LogP contribution in [-0.2, 0) is 17.8 Å². The van der Waals surface area contributed by atoms with Crippen LogP contribution in [0, 0.1) is 0 Å². The minimum Gasteiger partial charge on any atom is -0.369 e. The summed E-state index contributed by atoms with van der Waals surface area (Å²) in [6.07, 6.45) is 0.400. The Morgan fingerprint density at radius 2 is 1.58 bits per heavy atom. The van der Waals surface area contributed by atoms with Crippen molar-refractivity contribution in [3.63, 3.8) is 0 Å². The zero-order valence-corrected chi connectivity index (χ0v) is 18.9. The number of carbonyl (C=O) groups is 2. The molecule has 1 aromatic heterocycles. The number of rotatable bonds is 7.